The summed E-state index contributed by atoms with van der Waals surface area (Å²) in [6.45, 7) is 0. The first kappa shape index (κ1) is 8.57. The van der Waals surface area contributed by atoms with Crippen LogP contribution in [0.3, 0.4) is 0 Å². The van der Waals surface area contributed by atoms with Gasteiger partial charge in [0.05, 0.1) is 0 Å². The molecule has 0 unspecified atom stereocenters. The van der Waals surface area contributed by atoms with Gasteiger partial charge in [-0.05, 0) is 0 Å². The summed E-state index contributed by atoms with van der Waals surface area (Å²) in [7, 11) is 2.67. The van der Waals surface area contributed by atoms with E-state index in [0.717, 1.165) is 0 Å². The Morgan fingerprint density at radius 1 is 1.38 bits per heavy atom. The molecule has 0 aliphatic carbocycles. The van der Waals surface area contributed by atoms with Crippen LogP contribution in [0.25, 0.3) is 0 Å². The van der Waals surface area contributed by atoms with Gasteiger partial charge >= 0.3 is 58.7 Å². The van der Waals surface area contributed by atoms with Gasteiger partial charge in [-0.1, -0.05) is 0 Å². The number of alkyl halides is 1. The molecule has 0 radical (unpaired) electrons. The fourth-order valence-corrected chi connectivity index (χ4v) is 1.00. The second-order valence-corrected chi connectivity index (χ2v) is 3.11. The number of hydrogen-bond acceptors (Lipinski definition) is 3. The Morgan fingerprint density at radius 2 is 1.75 bits per heavy atom. The number of hydrogen-bond donors (Lipinski definition) is 0. The molecule has 0 aliphatic rings. The molecule has 0 bridgehead atoms. The first-order valence-electron chi connectivity index (χ1n) is 1.91. The van der Waals surface area contributed by atoms with Crippen molar-refractivity contribution in [2.24, 2.45) is 0 Å². The van der Waals surface area contributed by atoms with E-state index in [-0.39, 0.29) is 0 Å². The summed E-state index contributed by atoms with van der Waals surface area (Å²) < 4.78 is -0.932. The summed E-state index contributed by atoms with van der Waals surface area (Å²) in [6.07, 6.45) is 0. The Labute approximate surface area is 59.1 Å². The van der Waals surface area contributed by atoms with E-state index >= 15 is 0 Å². The minimum absolute atomic E-state index is 0.605. The molecule has 0 rings (SSSR count). The third kappa shape index (κ3) is 2.23. The van der Waals surface area contributed by atoms with Crippen molar-refractivity contribution in [1.29, 1.82) is 0 Å². The number of quaternary nitrogens is 1. The Kier molecular flexibility index (Phi) is 3.82. The van der Waals surface area contributed by atoms with E-state index in [2.05, 4.69) is 9.68 Å². The fourth-order valence-electron chi connectivity index (χ4n) is 0.213. The molecule has 0 aromatic heterocycles. The van der Waals surface area contributed by atoms with E-state index in [0.29, 0.717) is 0 Å². The standard InChI is InChI=1S/C3H9INO3/c1-4-5(6,7-2)8-3/h1-3H3/q-1. The summed E-state index contributed by atoms with van der Waals surface area (Å²) in [5.74, 6) is 0. The van der Waals surface area contributed by atoms with E-state index in [1.54, 1.807) is 4.93 Å². The number of nitrogens with zero attached hydrogens (tertiary/aromatic N) is 1. The Balaban J connectivity index is 3.58. The maximum absolute atomic E-state index is 10.8. The number of rotatable bonds is 3. The summed E-state index contributed by atoms with van der Waals surface area (Å²) in [4.78, 5) is 10.7. The van der Waals surface area contributed by atoms with E-state index in [1.165, 1.54) is 14.2 Å². The summed E-state index contributed by atoms with van der Waals surface area (Å²) in [5, 5.41) is 10.8. The van der Waals surface area contributed by atoms with Crippen molar-refractivity contribution in [3.05, 3.63) is 5.21 Å². The second kappa shape index (κ2) is 3.57. The van der Waals surface area contributed by atoms with Gasteiger partial charge in [0.25, 0.3) is 0 Å². The van der Waals surface area contributed by atoms with Gasteiger partial charge in [-0.3, -0.25) is 0 Å². The van der Waals surface area contributed by atoms with Crippen molar-refractivity contribution in [1.82, 2.24) is 0 Å². The summed E-state index contributed by atoms with van der Waals surface area (Å²) in [5.41, 5.74) is 0. The molecule has 4 nitrogen and oxygen atoms in total. The number of halogens is 1. The molecule has 0 saturated carbocycles. The van der Waals surface area contributed by atoms with Crippen molar-refractivity contribution in [3.63, 3.8) is 0 Å². The monoisotopic (exact) mass is 234 g/mol. The molecule has 0 N–H and O–H groups in total. The molecule has 0 aliphatic heterocycles. The average Bonchev–Trinajstić information content (AvgIpc) is 1.87. The first-order chi connectivity index (χ1) is 3.68. The molecular weight excluding hydrogens is 225 g/mol. The van der Waals surface area contributed by atoms with Crippen molar-refractivity contribution in [2.45, 2.75) is 0 Å². The zero-order valence-electron chi connectivity index (χ0n) is 5.05. The minimum atomic E-state index is -0.932. The van der Waals surface area contributed by atoms with Crippen LogP contribution in [-0.2, 0) is 9.68 Å². The van der Waals surface area contributed by atoms with Crippen molar-refractivity contribution in [2.75, 3.05) is 19.2 Å². The van der Waals surface area contributed by atoms with E-state index < -0.39 is 24.7 Å². The van der Waals surface area contributed by atoms with Crippen LogP contribution >= 0.6 is 0 Å². The van der Waals surface area contributed by atoms with Gasteiger partial charge in [0.2, 0.25) is 0 Å². The molecule has 0 spiro atoms. The summed E-state index contributed by atoms with van der Waals surface area (Å²) in [6, 6.07) is 0. The molecule has 0 aromatic rings. The molecule has 0 saturated heterocycles. The topological polar surface area (TPSA) is 41.5 Å². The van der Waals surface area contributed by atoms with Gasteiger partial charge in [0.1, 0.15) is 0 Å². The molecular formula is C3H9INO3-. The van der Waals surface area contributed by atoms with Gasteiger partial charge < -0.3 is 0 Å². The van der Waals surface area contributed by atoms with Crippen molar-refractivity contribution >= 4 is 0 Å². The van der Waals surface area contributed by atoms with E-state index in [4.69, 9.17) is 0 Å². The molecule has 0 aromatic carbocycles. The van der Waals surface area contributed by atoms with Crippen LogP contribution in [0, 0.1) is 5.21 Å². The molecule has 0 amide bonds. The van der Waals surface area contributed by atoms with Crippen LogP contribution in [0.1, 0.15) is 0 Å². The third-order valence-electron chi connectivity index (χ3n) is 0.643. The molecule has 0 fully saturated rings. The second-order valence-electron chi connectivity index (χ2n) is 0.965. The molecule has 5 heteroatoms. The van der Waals surface area contributed by atoms with Crippen LogP contribution in [0.5, 0.6) is 0 Å². The normalized spacial score (nSPS) is 12.5. The van der Waals surface area contributed by atoms with E-state index in [9.17, 15) is 5.21 Å². The van der Waals surface area contributed by atoms with Crippen LogP contribution in [-0.4, -0.2) is 22.3 Å². The Bertz CT molecular complexity index is 57.3. The van der Waals surface area contributed by atoms with Gasteiger partial charge in [0, 0.05) is 0 Å². The SMILES string of the molecule is CO[N+]([O-])(OC)[I-]C. The fraction of sp³-hybridized carbons (Fsp3) is 1.00. The molecule has 0 heterocycles. The van der Waals surface area contributed by atoms with Crippen LogP contribution in [0.15, 0.2) is 0 Å². The molecule has 8 heavy (non-hydrogen) atoms. The van der Waals surface area contributed by atoms with Crippen molar-refractivity contribution < 1.29 is 34.3 Å². The predicted octanol–water partition coefficient (Wildman–Crippen LogP) is -2.94. The van der Waals surface area contributed by atoms with Gasteiger partial charge in [-0.25, -0.2) is 0 Å². The van der Waals surface area contributed by atoms with Crippen LogP contribution in [0.4, 0.5) is 0 Å². The maximum atomic E-state index is 10.8. The molecule has 52 valence electrons. The average molecular weight is 234 g/mol. The molecule has 0 atom stereocenters. The van der Waals surface area contributed by atoms with Gasteiger partial charge in [-0.15, -0.1) is 0 Å². The van der Waals surface area contributed by atoms with Crippen LogP contribution in [0.2, 0.25) is 0 Å². The zero-order valence-corrected chi connectivity index (χ0v) is 7.21. The van der Waals surface area contributed by atoms with Gasteiger partial charge in [-0.2, -0.15) is 0 Å². The van der Waals surface area contributed by atoms with Gasteiger partial charge in [0.15, 0.2) is 0 Å². The zero-order chi connectivity index (χ0) is 6.62. The van der Waals surface area contributed by atoms with E-state index in [1.807, 2.05) is 0 Å². The first-order valence-corrected chi connectivity index (χ1v) is 5.03. The third-order valence-corrected chi connectivity index (χ3v) is 2.61. The predicted molar refractivity (Wildman–Crippen MR) is 23.6 cm³/mol. The summed E-state index contributed by atoms with van der Waals surface area (Å²) >= 11 is -0.605. The Morgan fingerprint density at radius 3 is 1.75 bits per heavy atom. The van der Waals surface area contributed by atoms with Crippen LogP contribution < -0.4 is 21.5 Å². The quantitative estimate of drug-likeness (QED) is 0.227. The van der Waals surface area contributed by atoms with Crippen molar-refractivity contribution in [3.8, 4) is 0 Å². The Hall–Kier alpha value is 0.570.